The molecule has 0 bridgehead atoms. The lowest BCUT2D eigenvalue weighted by molar-refractivity contribution is 0.527. The Kier molecular flexibility index (Phi) is 6.54. The van der Waals surface area contributed by atoms with E-state index in [4.69, 9.17) is 0 Å². The Morgan fingerprint density at radius 1 is 1.17 bits per heavy atom. The molecule has 0 unspecified atom stereocenters. The summed E-state index contributed by atoms with van der Waals surface area (Å²) in [5.41, 5.74) is 1.51. The van der Waals surface area contributed by atoms with Gasteiger partial charge < -0.3 is 4.90 Å². The Hall–Kier alpha value is -0.720. The Morgan fingerprint density at radius 2 is 1.75 bits per heavy atom. The third kappa shape index (κ3) is 4.22. The molecule has 0 aromatic heterocycles. The van der Waals surface area contributed by atoms with Gasteiger partial charge in [0.2, 0.25) is 0 Å². The smallest absolute Gasteiger partial charge is 0.0191 e. The van der Waals surface area contributed by atoms with E-state index in [0.29, 0.717) is 0 Å². The van der Waals surface area contributed by atoms with Crippen molar-refractivity contribution in [1.29, 1.82) is 0 Å². The van der Waals surface area contributed by atoms with Crippen LogP contribution in [0.3, 0.4) is 0 Å². The molecule has 0 aliphatic heterocycles. The Balaban J connectivity index is 4.21. The van der Waals surface area contributed by atoms with E-state index in [0.717, 1.165) is 19.4 Å². The Morgan fingerprint density at radius 3 is 2.08 bits per heavy atom. The monoisotopic (exact) mass is 167 g/mol. The average molecular weight is 167 g/mol. The zero-order valence-electron chi connectivity index (χ0n) is 8.80. The molecule has 0 saturated carbocycles. The predicted molar refractivity (Wildman–Crippen MR) is 55.9 cm³/mol. The summed E-state index contributed by atoms with van der Waals surface area (Å²) >= 11 is 0. The molecule has 0 saturated heterocycles. The fourth-order valence-corrected chi connectivity index (χ4v) is 1.10. The van der Waals surface area contributed by atoms with Gasteiger partial charge in [0.25, 0.3) is 0 Å². The zero-order valence-corrected chi connectivity index (χ0v) is 8.80. The van der Waals surface area contributed by atoms with Crippen LogP contribution in [0.5, 0.6) is 0 Å². The van der Waals surface area contributed by atoms with Crippen molar-refractivity contribution in [2.24, 2.45) is 0 Å². The number of hydrogen-bond acceptors (Lipinski definition) is 1. The van der Waals surface area contributed by atoms with Crippen LogP contribution < -0.4 is 0 Å². The molecule has 1 nitrogen and oxygen atoms in total. The first-order valence-corrected chi connectivity index (χ1v) is 4.86. The summed E-state index contributed by atoms with van der Waals surface area (Å²) in [5.74, 6) is 0. The van der Waals surface area contributed by atoms with E-state index in [1.165, 1.54) is 5.57 Å². The second kappa shape index (κ2) is 6.96. The van der Waals surface area contributed by atoms with Gasteiger partial charge in [0.1, 0.15) is 0 Å². The van der Waals surface area contributed by atoms with Crippen LogP contribution in [0.4, 0.5) is 0 Å². The molecular formula is C11H21N. The van der Waals surface area contributed by atoms with Crippen molar-refractivity contribution < 1.29 is 0 Å². The average Bonchev–Trinajstić information content (AvgIpc) is 2.12. The number of hydrogen-bond donors (Lipinski definition) is 0. The molecule has 70 valence electrons. The summed E-state index contributed by atoms with van der Waals surface area (Å²) in [7, 11) is 0. The molecule has 0 aromatic rings. The maximum atomic E-state index is 2.25. The van der Waals surface area contributed by atoms with Gasteiger partial charge in [-0.3, -0.25) is 0 Å². The molecule has 0 aliphatic rings. The van der Waals surface area contributed by atoms with Gasteiger partial charge in [0, 0.05) is 12.7 Å². The van der Waals surface area contributed by atoms with E-state index < -0.39 is 0 Å². The normalized spacial score (nSPS) is 10.3. The minimum Gasteiger partial charge on any atom is -0.355 e. The number of rotatable bonds is 5. The van der Waals surface area contributed by atoms with Crippen LogP contribution in [0.15, 0.2) is 24.0 Å². The fourth-order valence-electron chi connectivity index (χ4n) is 1.10. The minimum atomic E-state index is 1.05. The van der Waals surface area contributed by atoms with E-state index in [1.807, 2.05) is 6.92 Å². The first-order chi connectivity index (χ1) is 5.78. The van der Waals surface area contributed by atoms with E-state index in [9.17, 15) is 0 Å². The van der Waals surface area contributed by atoms with Gasteiger partial charge >= 0.3 is 0 Å². The quantitative estimate of drug-likeness (QED) is 0.605. The van der Waals surface area contributed by atoms with Crippen LogP contribution in [0.25, 0.3) is 0 Å². The number of nitrogens with zero attached hydrogens (tertiary/aromatic N) is 1. The summed E-state index contributed by atoms with van der Waals surface area (Å²) in [6.45, 7) is 9.68. The van der Waals surface area contributed by atoms with Crippen molar-refractivity contribution in [1.82, 2.24) is 4.90 Å². The van der Waals surface area contributed by atoms with Crippen molar-refractivity contribution in [2.75, 3.05) is 6.54 Å². The largest absolute Gasteiger partial charge is 0.355 e. The predicted octanol–water partition coefficient (Wildman–Crippen LogP) is 3.55. The highest BCUT2D eigenvalue weighted by atomic mass is 15.1. The van der Waals surface area contributed by atoms with Crippen LogP contribution in [0.2, 0.25) is 0 Å². The van der Waals surface area contributed by atoms with E-state index in [1.54, 1.807) is 0 Å². The van der Waals surface area contributed by atoms with Crippen molar-refractivity contribution in [2.45, 2.75) is 40.5 Å². The van der Waals surface area contributed by atoms with Gasteiger partial charge in [0.05, 0.1) is 0 Å². The topological polar surface area (TPSA) is 3.24 Å². The molecule has 0 rings (SSSR count). The van der Waals surface area contributed by atoms with Gasteiger partial charge in [-0.05, 0) is 32.9 Å². The lowest BCUT2D eigenvalue weighted by Gasteiger charge is -2.14. The van der Waals surface area contributed by atoms with Crippen LogP contribution in [-0.4, -0.2) is 11.4 Å². The SMILES string of the molecule is C/C=C\N(C=C(CC)CC)CC. The van der Waals surface area contributed by atoms with Crippen LogP contribution in [0, 0.1) is 0 Å². The molecule has 1 heteroatoms. The maximum Gasteiger partial charge on any atom is 0.0191 e. The molecule has 0 fully saturated rings. The fraction of sp³-hybridized carbons (Fsp3) is 0.636. The van der Waals surface area contributed by atoms with Crippen LogP contribution >= 0.6 is 0 Å². The summed E-state index contributed by atoms with van der Waals surface area (Å²) in [6, 6.07) is 0. The lowest BCUT2D eigenvalue weighted by Crippen LogP contribution is -2.08. The lowest BCUT2D eigenvalue weighted by atomic mass is 10.2. The van der Waals surface area contributed by atoms with Crippen molar-refractivity contribution in [3.63, 3.8) is 0 Å². The van der Waals surface area contributed by atoms with Crippen molar-refractivity contribution in [3.05, 3.63) is 24.0 Å². The molecule has 0 N–H and O–H groups in total. The zero-order chi connectivity index (χ0) is 9.40. The summed E-state index contributed by atoms with van der Waals surface area (Å²) in [5, 5.41) is 0. The van der Waals surface area contributed by atoms with E-state index in [-0.39, 0.29) is 0 Å². The Labute approximate surface area is 76.8 Å². The van der Waals surface area contributed by atoms with Gasteiger partial charge in [-0.2, -0.15) is 0 Å². The summed E-state index contributed by atoms with van der Waals surface area (Å²) in [4.78, 5) is 2.22. The van der Waals surface area contributed by atoms with Gasteiger partial charge in [-0.25, -0.2) is 0 Å². The van der Waals surface area contributed by atoms with Crippen molar-refractivity contribution in [3.8, 4) is 0 Å². The summed E-state index contributed by atoms with van der Waals surface area (Å²) < 4.78 is 0. The van der Waals surface area contributed by atoms with Gasteiger partial charge in [-0.1, -0.05) is 25.5 Å². The highest BCUT2D eigenvalue weighted by Crippen LogP contribution is 2.07. The van der Waals surface area contributed by atoms with E-state index >= 15 is 0 Å². The van der Waals surface area contributed by atoms with Crippen LogP contribution in [0.1, 0.15) is 40.5 Å². The second-order valence-electron chi connectivity index (χ2n) is 2.81. The molecule has 0 atom stereocenters. The first-order valence-electron chi connectivity index (χ1n) is 4.86. The third-order valence-electron chi connectivity index (χ3n) is 1.96. The molecule has 0 radical (unpaired) electrons. The molecule has 0 aliphatic carbocycles. The number of allylic oxidation sites excluding steroid dienone is 2. The molecular weight excluding hydrogens is 146 g/mol. The second-order valence-corrected chi connectivity index (χ2v) is 2.81. The minimum absolute atomic E-state index is 1.05. The molecule has 12 heavy (non-hydrogen) atoms. The maximum absolute atomic E-state index is 2.25. The first kappa shape index (κ1) is 11.3. The summed E-state index contributed by atoms with van der Waals surface area (Å²) in [6.07, 6.45) is 8.75. The molecule has 0 heterocycles. The standard InChI is InChI=1S/C11H21N/c1-5-9-12(8-4)10-11(6-2)7-3/h5,9-10H,6-8H2,1-4H3/b9-5-. The Bertz CT molecular complexity index is 150. The molecule has 0 spiro atoms. The van der Waals surface area contributed by atoms with Crippen LogP contribution in [-0.2, 0) is 0 Å². The highest BCUT2D eigenvalue weighted by Gasteiger charge is 1.93. The molecule has 0 aromatic carbocycles. The van der Waals surface area contributed by atoms with Gasteiger partial charge in [0.15, 0.2) is 0 Å². The van der Waals surface area contributed by atoms with Crippen molar-refractivity contribution >= 4 is 0 Å². The molecule has 0 amide bonds. The third-order valence-corrected chi connectivity index (χ3v) is 1.96. The highest BCUT2D eigenvalue weighted by molar-refractivity contribution is 5.02. The van der Waals surface area contributed by atoms with E-state index in [2.05, 4.69) is 44.1 Å². The van der Waals surface area contributed by atoms with Gasteiger partial charge in [-0.15, -0.1) is 0 Å².